The number of ether oxygens (including phenoxy) is 1. The molecule has 6 heteroatoms. The van der Waals surface area contributed by atoms with Crippen molar-refractivity contribution < 1.29 is 9.53 Å². The third kappa shape index (κ3) is 6.95. The van der Waals surface area contributed by atoms with Crippen LogP contribution in [0.1, 0.15) is 47.9 Å². The van der Waals surface area contributed by atoms with Gasteiger partial charge in [0.25, 0.3) is 5.91 Å². The highest BCUT2D eigenvalue weighted by Gasteiger charge is 2.11. The van der Waals surface area contributed by atoms with Crippen LogP contribution in [0.5, 0.6) is 5.75 Å². The topological polar surface area (TPSA) is 56.1 Å². The van der Waals surface area contributed by atoms with E-state index >= 15 is 0 Å². The summed E-state index contributed by atoms with van der Waals surface area (Å²) in [5.41, 5.74) is 4.17. The summed E-state index contributed by atoms with van der Waals surface area (Å²) in [5, 5.41) is 3.02. The number of nitrogens with one attached hydrogen (secondary N) is 1. The number of hydrogen-bond donors (Lipinski definition) is 1. The van der Waals surface area contributed by atoms with Gasteiger partial charge in [-0.25, -0.2) is 4.98 Å². The Kier molecular flexibility index (Phi) is 8.96. The van der Waals surface area contributed by atoms with E-state index in [1.165, 1.54) is 5.56 Å². The van der Waals surface area contributed by atoms with Gasteiger partial charge in [-0.2, -0.15) is 0 Å². The second kappa shape index (κ2) is 12.5. The zero-order valence-corrected chi connectivity index (χ0v) is 21.8. The minimum Gasteiger partial charge on any atom is -0.494 e. The number of benzene rings is 3. The molecular formula is C29H32BrN3O2. The fourth-order valence-corrected chi connectivity index (χ4v) is 4.53. The molecule has 0 unspecified atom stereocenters. The number of aryl methyl sites for hydroxylation is 3. The fourth-order valence-electron chi connectivity index (χ4n) is 4.13. The molecule has 0 fully saturated rings. The lowest BCUT2D eigenvalue weighted by molar-refractivity contribution is 0.0953. The molecule has 4 rings (SSSR count). The van der Waals surface area contributed by atoms with Gasteiger partial charge in [0.05, 0.1) is 17.6 Å². The zero-order chi connectivity index (χ0) is 24.5. The van der Waals surface area contributed by atoms with Gasteiger partial charge < -0.3 is 14.6 Å². The average molecular weight is 534 g/mol. The van der Waals surface area contributed by atoms with E-state index in [-0.39, 0.29) is 5.91 Å². The predicted octanol–water partition coefficient (Wildman–Crippen LogP) is 6.58. The number of imidazole rings is 1. The first-order valence-electron chi connectivity index (χ1n) is 12.3. The van der Waals surface area contributed by atoms with Gasteiger partial charge in [0, 0.05) is 29.5 Å². The number of aromatic nitrogens is 2. The van der Waals surface area contributed by atoms with E-state index in [4.69, 9.17) is 9.72 Å². The molecule has 1 aromatic heterocycles. The van der Waals surface area contributed by atoms with Gasteiger partial charge in [-0.1, -0.05) is 53.2 Å². The van der Waals surface area contributed by atoms with E-state index in [1.807, 2.05) is 30.3 Å². The Bertz CT molecular complexity index is 1250. The molecule has 1 amide bonds. The molecule has 0 aliphatic carbocycles. The van der Waals surface area contributed by atoms with Gasteiger partial charge in [0.2, 0.25) is 0 Å². The largest absolute Gasteiger partial charge is 0.494 e. The van der Waals surface area contributed by atoms with Crippen LogP contribution in [0.3, 0.4) is 0 Å². The summed E-state index contributed by atoms with van der Waals surface area (Å²) in [4.78, 5) is 17.3. The first kappa shape index (κ1) is 25.0. The third-order valence-electron chi connectivity index (χ3n) is 6.06. The van der Waals surface area contributed by atoms with Gasteiger partial charge in [0.15, 0.2) is 0 Å². The molecule has 0 saturated heterocycles. The van der Waals surface area contributed by atoms with Crippen LogP contribution in [0.4, 0.5) is 0 Å². The van der Waals surface area contributed by atoms with E-state index in [0.29, 0.717) is 18.7 Å². The molecule has 0 radical (unpaired) electrons. The van der Waals surface area contributed by atoms with Crippen LogP contribution in [-0.4, -0.2) is 28.6 Å². The number of halogens is 1. The molecule has 1 N–H and O–H groups in total. The summed E-state index contributed by atoms with van der Waals surface area (Å²) in [6, 6.07) is 24.1. The van der Waals surface area contributed by atoms with Gasteiger partial charge in [-0.05, 0) is 73.7 Å². The molecule has 182 valence electrons. The van der Waals surface area contributed by atoms with Crippen molar-refractivity contribution in [2.24, 2.45) is 0 Å². The molecule has 0 spiro atoms. The van der Waals surface area contributed by atoms with Crippen LogP contribution in [0, 0.1) is 0 Å². The predicted molar refractivity (Wildman–Crippen MR) is 145 cm³/mol. The van der Waals surface area contributed by atoms with Crippen LogP contribution in [0.15, 0.2) is 77.3 Å². The number of rotatable bonds is 12. The number of carbonyl (C=O) groups is 1. The molecule has 0 aliphatic heterocycles. The van der Waals surface area contributed by atoms with Crippen LogP contribution in [-0.2, 0) is 19.4 Å². The van der Waals surface area contributed by atoms with Crippen molar-refractivity contribution in [2.45, 2.75) is 45.6 Å². The van der Waals surface area contributed by atoms with Crippen molar-refractivity contribution in [3.8, 4) is 5.75 Å². The monoisotopic (exact) mass is 533 g/mol. The van der Waals surface area contributed by atoms with Crippen molar-refractivity contribution in [1.29, 1.82) is 0 Å². The summed E-state index contributed by atoms with van der Waals surface area (Å²) in [6.45, 7) is 4.37. The number of fused-ring (bicyclic) bond motifs is 1. The van der Waals surface area contributed by atoms with E-state index in [0.717, 1.165) is 65.7 Å². The molecule has 3 aromatic carbocycles. The maximum atomic E-state index is 12.4. The normalized spacial score (nSPS) is 11.0. The Morgan fingerprint density at radius 3 is 2.63 bits per heavy atom. The Morgan fingerprint density at radius 2 is 1.83 bits per heavy atom. The molecule has 0 aliphatic rings. The summed E-state index contributed by atoms with van der Waals surface area (Å²) in [6.07, 6.45) is 4.68. The number of carbonyl (C=O) groups excluding carboxylic acids is 1. The highest BCUT2D eigenvalue weighted by molar-refractivity contribution is 9.10. The number of nitrogens with zero attached hydrogens (tertiary/aromatic N) is 2. The SMILES string of the molecule is CCc1ccc(OCCCCn2c(CCCNC(=O)c3cccc(Br)c3)nc3ccccc32)cc1. The lowest BCUT2D eigenvalue weighted by atomic mass is 10.2. The van der Waals surface area contributed by atoms with E-state index in [1.54, 1.807) is 0 Å². The van der Waals surface area contributed by atoms with Crippen molar-refractivity contribution in [3.05, 3.63) is 94.2 Å². The van der Waals surface area contributed by atoms with Crippen LogP contribution >= 0.6 is 15.9 Å². The van der Waals surface area contributed by atoms with Crippen molar-refractivity contribution in [3.63, 3.8) is 0 Å². The Labute approximate surface area is 215 Å². The summed E-state index contributed by atoms with van der Waals surface area (Å²) in [7, 11) is 0. The highest BCUT2D eigenvalue weighted by atomic mass is 79.9. The lowest BCUT2D eigenvalue weighted by Crippen LogP contribution is -2.25. The Morgan fingerprint density at radius 1 is 1.00 bits per heavy atom. The molecule has 4 aromatic rings. The molecule has 5 nitrogen and oxygen atoms in total. The van der Waals surface area contributed by atoms with Crippen LogP contribution in [0.2, 0.25) is 0 Å². The number of hydrogen-bond acceptors (Lipinski definition) is 3. The zero-order valence-electron chi connectivity index (χ0n) is 20.2. The van der Waals surface area contributed by atoms with Crippen molar-refractivity contribution in [1.82, 2.24) is 14.9 Å². The number of unbranched alkanes of at least 4 members (excludes halogenated alkanes) is 1. The lowest BCUT2D eigenvalue weighted by Gasteiger charge is -2.11. The molecule has 1 heterocycles. The molecular weight excluding hydrogens is 502 g/mol. The maximum absolute atomic E-state index is 12.4. The molecule has 35 heavy (non-hydrogen) atoms. The van der Waals surface area contributed by atoms with Gasteiger partial charge in [-0.15, -0.1) is 0 Å². The minimum absolute atomic E-state index is 0.0517. The first-order chi connectivity index (χ1) is 17.1. The van der Waals surface area contributed by atoms with Gasteiger partial charge in [0.1, 0.15) is 11.6 Å². The summed E-state index contributed by atoms with van der Waals surface area (Å²) >= 11 is 3.42. The second-order valence-corrected chi connectivity index (χ2v) is 9.51. The first-order valence-corrected chi connectivity index (χ1v) is 13.1. The second-order valence-electron chi connectivity index (χ2n) is 8.59. The summed E-state index contributed by atoms with van der Waals surface area (Å²) < 4.78 is 9.14. The van der Waals surface area contributed by atoms with Crippen LogP contribution in [0.25, 0.3) is 11.0 Å². The van der Waals surface area contributed by atoms with Crippen molar-refractivity contribution in [2.75, 3.05) is 13.2 Å². The number of para-hydroxylation sites is 2. The fraction of sp³-hybridized carbons (Fsp3) is 0.310. The minimum atomic E-state index is -0.0517. The number of amides is 1. The van der Waals surface area contributed by atoms with Crippen LogP contribution < -0.4 is 10.1 Å². The molecule has 0 atom stereocenters. The van der Waals surface area contributed by atoms with E-state index in [9.17, 15) is 4.79 Å². The standard InChI is InChI=1S/C29H32BrN3O2/c1-2-22-14-16-25(17-15-22)35-20-6-5-19-33-27-12-4-3-11-26(27)32-28(33)13-8-18-31-29(34)23-9-7-10-24(30)21-23/h3-4,7,9-12,14-17,21H,2,5-6,8,13,18-20H2,1H3,(H,31,34). The van der Waals surface area contributed by atoms with E-state index in [2.05, 4.69) is 75.2 Å². The summed E-state index contributed by atoms with van der Waals surface area (Å²) in [5.74, 6) is 1.95. The highest BCUT2D eigenvalue weighted by Crippen LogP contribution is 2.19. The van der Waals surface area contributed by atoms with Gasteiger partial charge >= 0.3 is 0 Å². The smallest absolute Gasteiger partial charge is 0.251 e. The quantitative estimate of drug-likeness (QED) is 0.209. The maximum Gasteiger partial charge on any atom is 0.251 e. The Balaban J connectivity index is 1.28. The molecule has 0 bridgehead atoms. The molecule has 0 saturated carbocycles. The van der Waals surface area contributed by atoms with Crippen molar-refractivity contribution >= 4 is 32.9 Å². The Hall–Kier alpha value is -3.12. The van der Waals surface area contributed by atoms with E-state index < -0.39 is 0 Å². The van der Waals surface area contributed by atoms with Gasteiger partial charge in [-0.3, -0.25) is 4.79 Å². The third-order valence-corrected chi connectivity index (χ3v) is 6.55. The average Bonchev–Trinajstić information content (AvgIpc) is 3.24.